The van der Waals surface area contributed by atoms with Gasteiger partial charge < -0.3 is 11.1 Å². The maximum absolute atomic E-state index is 5.50. The summed E-state index contributed by atoms with van der Waals surface area (Å²) in [5.74, 6) is 0. The molecule has 0 aliphatic heterocycles. The molecule has 0 radical (unpaired) electrons. The molecule has 0 aromatic rings. The lowest BCUT2D eigenvalue weighted by Gasteiger charge is -2.23. The Balaban J connectivity index is 3.38. The first-order chi connectivity index (χ1) is 5.12. The van der Waals surface area contributed by atoms with Crippen molar-refractivity contribution < 1.29 is 0 Å². The smallest absolute Gasteiger partial charge is 0.00439 e. The zero-order chi connectivity index (χ0) is 8.74. The van der Waals surface area contributed by atoms with E-state index >= 15 is 0 Å². The van der Waals surface area contributed by atoms with Crippen molar-refractivity contribution in [2.24, 2.45) is 11.1 Å². The Morgan fingerprint density at radius 1 is 1.27 bits per heavy atom. The van der Waals surface area contributed by atoms with Gasteiger partial charge >= 0.3 is 0 Å². The van der Waals surface area contributed by atoms with E-state index in [4.69, 9.17) is 5.73 Å². The lowest BCUT2D eigenvalue weighted by molar-refractivity contribution is 0.308. The summed E-state index contributed by atoms with van der Waals surface area (Å²) in [6, 6.07) is 0. The molecule has 0 atom stereocenters. The van der Waals surface area contributed by atoms with E-state index < -0.39 is 0 Å². The molecule has 2 nitrogen and oxygen atoms in total. The van der Waals surface area contributed by atoms with Gasteiger partial charge in [-0.15, -0.1) is 0 Å². The second-order valence-corrected chi connectivity index (χ2v) is 3.81. The summed E-state index contributed by atoms with van der Waals surface area (Å²) in [6.45, 7) is 9.67. The van der Waals surface area contributed by atoms with Crippen LogP contribution >= 0.6 is 0 Å². The van der Waals surface area contributed by atoms with Crippen molar-refractivity contribution in [2.45, 2.75) is 33.6 Å². The van der Waals surface area contributed by atoms with Gasteiger partial charge in [0.1, 0.15) is 0 Å². The van der Waals surface area contributed by atoms with E-state index in [-0.39, 0.29) is 0 Å². The molecule has 0 aliphatic carbocycles. The Hall–Kier alpha value is -0.0800. The molecule has 3 N–H and O–H groups in total. The van der Waals surface area contributed by atoms with Gasteiger partial charge in [-0.2, -0.15) is 0 Å². The zero-order valence-electron chi connectivity index (χ0n) is 8.11. The lowest BCUT2D eigenvalue weighted by Crippen LogP contribution is -2.24. The average Bonchev–Trinajstić information content (AvgIpc) is 1.87. The van der Waals surface area contributed by atoms with Crippen LogP contribution in [0.3, 0.4) is 0 Å². The Morgan fingerprint density at radius 3 is 2.36 bits per heavy atom. The Kier molecular flexibility index (Phi) is 5.51. The van der Waals surface area contributed by atoms with Gasteiger partial charge in [-0.3, -0.25) is 0 Å². The minimum Gasteiger partial charge on any atom is -0.330 e. The second-order valence-electron chi connectivity index (χ2n) is 3.81. The normalized spacial score (nSPS) is 12.0. The summed E-state index contributed by atoms with van der Waals surface area (Å²) < 4.78 is 0. The summed E-state index contributed by atoms with van der Waals surface area (Å²) in [5, 5.41) is 3.32. The number of hydrogen-bond acceptors (Lipinski definition) is 2. The summed E-state index contributed by atoms with van der Waals surface area (Å²) >= 11 is 0. The number of nitrogens with one attached hydrogen (secondary N) is 1. The maximum Gasteiger partial charge on any atom is -0.00439 e. The standard InChI is InChI=1S/C9H22N2/c1-4-11-8-6-9(2,3)5-7-10/h11H,4-8,10H2,1-3H3. The van der Waals surface area contributed by atoms with Crippen LogP contribution in [0.2, 0.25) is 0 Å². The molecule has 0 aromatic heterocycles. The van der Waals surface area contributed by atoms with E-state index in [0.29, 0.717) is 5.41 Å². The van der Waals surface area contributed by atoms with E-state index in [1.54, 1.807) is 0 Å². The molecular weight excluding hydrogens is 136 g/mol. The summed E-state index contributed by atoms with van der Waals surface area (Å²) in [5.41, 5.74) is 5.91. The quantitative estimate of drug-likeness (QED) is 0.573. The Bertz CT molecular complexity index is 89.6. The van der Waals surface area contributed by atoms with Crippen molar-refractivity contribution in [3.05, 3.63) is 0 Å². The predicted molar refractivity (Wildman–Crippen MR) is 50.6 cm³/mol. The average molecular weight is 158 g/mol. The first kappa shape index (κ1) is 10.9. The fraction of sp³-hybridized carbons (Fsp3) is 1.00. The van der Waals surface area contributed by atoms with Crippen molar-refractivity contribution in [3.8, 4) is 0 Å². The molecule has 0 amide bonds. The van der Waals surface area contributed by atoms with Gasteiger partial charge in [0, 0.05) is 0 Å². The second kappa shape index (κ2) is 5.56. The fourth-order valence-corrected chi connectivity index (χ4v) is 1.12. The molecule has 0 aliphatic rings. The van der Waals surface area contributed by atoms with Gasteiger partial charge in [-0.25, -0.2) is 0 Å². The van der Waals surface area contributed by atoms with Crippen molar-refractivity contribution in [1.29, 1.82) is 0 Å². The molecule has 11 heavy (non-hydrogen) atoms. The minimum atomic E-state index is 0.414. The first-order valence-electron chi connectivity index (χ1n) is 4.53. The van der Waals surface area contributed by atoms with Crippen LogP contribution in [0.5, 0.6) is 0 Å². The highest BCUT2D eigenvalue weighted by Crippen LogP contribution is 2.22. The number of rotatable bonds is 6. The van der Waals surface area contributed by atoms with Crippen LogP contribution in [0, 0.1) is 5.41 Å². The van der Waals surface area contributed by atoms with E-state index in [1.807, 2.05) is 0 Å². The largest absolute Gasteiger partial charge is 0.330 e. The molecule has 0 saturated heterocycles. The van der Waals surface area contributed by atoms with Crippen molar-refractivity contribution in [2.75, 3.05) is 19.6 Å². The maximum atomic E-state index is 5.50. The predicted octanol–water partition coefficient (Wildman–Crippen LogP) is 1.36. The third-order valence-electron chi connectivity index (χ3n) is 2.05. The number of nitrogens with two attached hydrogens (primary N) is 1. The molecule has 0 spiro atoms. The molecule has 0 heterocycles. The summed E-state index contributed by atoms with van der Waals surface area (Å²) in [6.07, 6.45) is 2.34. The van der Waals surface area contributed by atoms with E-state index in [0.717, 1.165) is 26.1 Å². The molecule has 2 heteroatoms. The third kappa shape index (κ3) is 6.32. The molecule has 0 rings (SSSR count). The minimum absolute atomic E-state index is 0.414. The summed E-state index contributed by atoms with van der Waals surface area (Å²) in [7, 11) is 0. The van der Waals surface area contributed by atoms with E-state index in [9.17, 15) is 0 Å². The first-order valence-corrected chi connectivity index (χ1v) is 4.53. The fourth-order valence-electron chi connectivity index (χ4n) is 1.12. The molecule has 68 valence electrons. The zero-order valence-corrected chi connectivity index (χ0v) is 8.11. The molecule has 0 unspecified atom stereocenters. The highest BCUT2D eigenvalue weighted by atomic mass is 14.8. The molecule has 0 bridgehead atoms. The van der Waals surface area contributed by atoms with Crippen molar-refractivity contribution in [1.82, 2.24) is 5.32 Å². The Labute approximate surface area is 70.5 Å². The highest BCUT2D eigenvalue weighted by Gasteiger charge is 2.15. The van der Waals surface area contributed by atoms with Gasteiger partial charge in [0.2, 0.25) is 0 Å². The van der Waals surface area contributed by atoms with Crippen LogP contribution < -0.4 is 11.1 Å². The molecule has 0 aromatic carbocycles. The molecule has 0 fully saturated rings. The summed E-state index contributed by atoms with van der Waals surface area (Å²) in [4.78, 5) is 0. The van der Waals surface area contributed by atoms with Crippen LogP contribution in [0.25, 0.3) is 0 Å². The van der Waals surface area contributed by atoms with Crippen LogP contribution in [-0.2, 0) is 0 Å². The number of hydrogen-bond donors (Lipinski definition) is 2. The van der Waals surface area contributed by atoms with Crippen LogP contribution in [-0.4, -0.2) is 19.6 Å². The van der Waals surface area contributed by atoms with Gasteiger partial charge in [-0.05, 0) is 37.9 Å². The highest BCUT2D eigenvalue weighted by molar-refractivity contribution is 4.69. The van der Waals surface area contributed by atoms with Crippen molar-refractivity contribution >= 4 is 0 Å². The van der Waals surface area contributed by atoms with Gasteiger partial charge in [0.25, 0.3) is 0 Å². The lowest BCUT2D eigenvalue weighted by atomic mass is 9.86. The molecular formula is C9H22N2. The SMILES string of the molecule is CCNCCC(C)(C)CCN. The van der Waals surface area contributed by atoms with E-state index in [1.165, 1.54) is 6.42 Å². The van der Waals surface area contributed by atoms with Crippen LogP contribution in [0.4, 0.5) is 0 Å². The van der Waals surface area contributed by atoms with Gasteiger partial charge in [0.15, 0.2) is 0 Å². The monoisotopic (exact) mass is 158 g/mol. The van der Waals surface area contributed by atoms with Crippen LogP contribution in [0.15, 0.2) is 0 Å². The Morgan fingerprint density at radius 2 is 1.91 bits per heavy atom. The van der Waals surface area contributed by atoms with E-state index in [2.05, 4.69) is 26.1 Å². The van der Waals surface area contributed by atoms with Gasteiger partial charge in [-0.1, -0.05) is 20.8 Å². The topological polar surface area (TPSA) is 38.0 Å². The van der Waals surface area contributed by atoms with Gasteiger partial charge in [0.05, 0.1) is 0 Å². The third-order valence-corrected chi connectivity index (χ3v) is 2.05. The van der Waals surface area contributed by atoms with Crippen molar-refractivity contribution in [3.63, 3.8) is 0 Å². The molecule has 0 saturated carbocycles. The van der Waals surface area contributed by atoms with Crippen LogP contribution in [0.1, 0.15) is 33.6 Å².